The third kappa shape index (κ3) is 6.77. The van der Waals surface area contributed by atoms with E-state index in [9.17, 15) is 0 Å². The number of nitrogen functional groups attached to an aromatic ring is 1. The highest BCUT2D eigenvalue weighted by Crippen LogP contribution is 2.52. The Bertz CT molecular complexity index is 1190. The summed E-state index contributed by atoms with van der Waals surface area (Å²) >= 11 is 0. The van der Waals surface area contributed by atoms with E-state index in [1.165, 1.54) is 0 Å². The molecule has 4 rings (SSSR count). The van der Waals surface area contributed by atoms with Crippen molar-refractivity contribution in [2.45, 2.75) is 86.4 Å². The van der Waals surface area contributed by atoms with Crippen molar-refractivity contribution < 1.29 is 0 Å². The van der Waals surface area contributed by atoms with Gasteiger partial charge in [-0.3, -0.25) is 4.98 Å². The van der Waals surface area contributed by atoms with E-state index in [1.54, 1.807) is 6.20 Å². The molecule has 0 bridgehead atoms. The molecule has 2 aromatic rings. The first-order valence-corrected chi connectivity index (χ1v) is 14.4. The molecular formula is C31H48BN7. The van der Waals surface area contributed by atoms with Crippen LogP contribution in [0.25, 0.3) is 5.70 Å². The number of aromatic nitrogens is 3. The average Bonchev–Trinajstić information content (AvgIpc) is 3.05. The van der Waals surface area contributed by atoms with E-state index in [0.29, 0.717) is 30.0 Å². The van der Waals surface area contributed by atoms with Gasteiger partial charge < -0.3 is 21.3 Å². The van der Waals surface area contributed by atoms with E-state index in [1.807, 2.05) is 12.3 Å². The Morgan fingerprint density at radius 3 is 2.36 bits per heavy atom. The fourth-order valence-electron chi connectivity index (χ4n) is 6.09. The van der Waals surface area contributed by atoms with Crippen LogP contribution >= 0.6 is 0 Å². The fraction of sp³-hybridized carbons (Fsp3) is 0.581. The zero-order valence-electron chi connectivity index (χ0n) is 25.2. The van der Waals surface area contributed by atoms with Crippen LogP contribution < -0.4 is 26.9 Å². The Labute approximate surface area is 236 Å². The van der Waals surface area contributed by atoms with Crippen molar-refractivity contribution in [3.63, 3.8) is 0 Å². The molecule has 0 saturated carbocycles. The molecule has 2 saturated heterocycles. The maximum atomic E-state index is 6.30. The number of hydrogen-bond acceptors (Lipinski definition) is 7. The lowest BCUT2D eigenvalue weighted by Gasteiger charge is -2.36. The van der Waals surface area contributed by atoms with Crippen molar-refractivity contribution in [1.29, 1.82) is 0 Å². The van der Waals surface area contributed by atoms with Gasteiger partial charge in [0.15, 0.2) is 11.6 Å². The maximum absolute atomic E-state index is 6.30. The van der Waals surface area contributed by atoms with Gasteiger partial charge in [-0.25, -0.2) is 9.97 Å². The quantitative estimate of drug-likeness (QED) is 0.372. The van der Waals surface area contributed by atoms with E-state index < -0.39 is 0 Å². The minimum absolute atomic E-state index is 0.237. The van der Waals surface area contributed by atoms with Crippen LogP contribution in [-0.2, 0) is 0 Å². The molecule has 8 heteroatoms. The number of anilines is 3. The molecule has 210 valence electrons. The van der Waals surface area contributed by atoms with Crippen molar-refractivity contribution >= 4 is 35.3 Å². The minimum Gasteiger partial charge on any atom is -0.386 e. The number of nitrogens with zero attached hydrogens (tertiary/aromatic N) is 4. The molecule has 0 atom stereocenters. The standard InChI is InChI=1S/C31H48BN7/c1-21(17-29(3,4)5)36-23-12-15-39(16-13-23)24-11-10-14-34-28(24)37-22(2)26-27(33)35-18-25(38-26)32-19-30(6,7)31(8,9)20-32/h10-11,14,18,23,36H,1-2,12-13,15-17,19-20H2,3-9H3,(H2,33,35)(H,34,37). The average molecular weight is 530 g/mol. The first-order chi connectivity index (χ1) is 18.1. The van der Waals surface area contributed by atoms with Crippen LogP contribution in [0.15, 0.2) is 43.4 Å². The molecule has 2 aromatic heterocycles. The number of allylic oxidation sites excluding steroid dienone is 1. The summed E-state index contributed by atoms with van der Waals surface area (Å²) in [7, 11) is 0. The van der Waals surface area contributed by atoms with Gasteiger partial charge in [-0.2, -0.15) is 0 Å². The Morgan fingerprint density at radius 2 is 1.74 bits per heavy atom. The molecular weight excluding hydrogens is 481 g/mol. The molecule has 0 spiro atoms. The summed E-state index contributed by atoms with van der Waals surface area (Å²) < 4.78 is 0. The highest BCUT2D eigenvalue weighted by atomic mass is 15.2. The maximum Gasteiger partial charge on any atom is 0.203 e. The van der Waals surface area contributed by atoms with Crippen molar-refractivity contribution in [2.75, 3.05) is 29.0 Å². The molecule has 4 heterocycles. The molecule has 2 fully saturated rings. The van der Waals surface area contributed by atoms with Gasteiger partial charge in [-0.1, -0.05) is 74.3 Å². The molecule has 0 radical (unpaired) electrons. The Balaban J connectivity index is 1.44. The summed E-state index contributed by atoms with van der Waals surface area (Å²) in [4.78, 5) is 16.5. The van der Waals surface area contributed by atoms with Gasteiger partial charge >= 0.3 is 0 Å². The molecule has 2 aliphatic heterocycles. The monoisotopic (exact) mass is 529 g/mol. The predicted molar refractivity (Wildman–Crippen MR) is 167 cm³/mol. The first kappa shape index (κ1) is 29.0. The number of rotatable bonds is 8. The summed E-state index contributed by atoms with van der Waals surface area (Å²) in [6, 6.07) is 4.54. The lowest BCUT2D eigenvalue weighted by molar-refractivity contribution is 0.177. The van der Waals surface area contributed by atoms with Gasteiger partial charge in [0, 0.05) is 42.8 Å². The lowest BCUT2D eigenvalue weighted by atomic mass is 9.44. The normalized spacial score (nSPS) is 19.2. The number of piperidine rings is 1. The molecule has 0 aromatic carbocycles. The van der Waals surface area contributed by atoms with E-state index in [4.69, 9.17) is 10.7 Å². The zero-order valence-corrected chi connectivity index (χ0v) is 25.2. The molecule has 2 aliphatic rings. The summed E-state index contributed by atoms with van der Waals surface area (Å²) in [5.74, 6) is 1.15. The van der Waals surface area contributed by atoms with Gasteiger partial charge in [0.2, 0.25) is 6.71 Å². The van der Waals surface area contributed by atoms with Gasteiger partial charge in [-0.15, -0.1) is 0 Å². The van der Waals surface area contributed by atoms with Crippen LogP contribution in [0, 0.1) is 16.2 Å². The van der Waals surface area contributed by atoms with Crippen molar-refractivity contribution in [3.8, 4) is 0 Å². The number of pyridine rings is 1. The highest BCUT2D eigenvalue weighted by Gasteiger charge is 2.48. The third-order valence-electron chi connectivity index (χ3n) is 8.91. The van der Waals surface area contributed by atoms with E-state index in [0.717, 1.165) is 67.8 Å². The van der Waals surface area contributed by atoms with E-state index >= 15 is 0 Å². The second kappa shape index (κ2) is 10.9. The molecule has 39 heavy (non-hydrogen) atoms. The Kier molecular flexibility index (Phi) is 8.07. The molecule has 7 nitrogen and oxygen atoms in total. The number of hydrogen-bond donors (Lipinski definition) is 3. The molecule has 0 amide bonds. The largest absolute Gasteiger partial charge is 0.386 e. The van der Waals surface area contributed by atoms with Crippen LogP contribution in [-0.4, -0.2) is 40.8 Å². The number of nitrogens with one attached hydrogen (secondary N) is 2. The third-order valence-corrected chi connectivity index (χ3v) is 8.91. The van der Waals surface area contributed by atoms with Crippen molar-refractivity contribution in [3.05, 3.63) is 49.1 Å². The topological polar surface area (TPSA) is 92.0 Å². The highest BCUT2D eigenvalue weighted by molar-refractivity contribution is 6.73. The number of nitrogens with two attached hydrogens (primary N) is 1. The fourth-order valence-corrected chi connectivity index (χ4v) is 6.09. The van der Waals surface area contributed by atoms with Crippen LogP contribution in [0.4, 0.5) is 17.3 Å². The Morgan fingerprint density at radius 1 is 1.10 bits per heavy atom. The van der Waals surface area contributed by atoms with Gasteiger partial charge in [0.1, 0.15) is 5.69 Å². The summed E-state index contributed by atoms with van der Waals surface area (Å²) in [5, 5.41) is 7.09. The lowest BCUT2D eigenvalue weighted by Crippen LogP contribution is -2.42. The first-order valence-electron chi connectivity index (χ1n) is 14.4. The van der Waals surface area contributed by atoms with Crippen LogP contribution in [0.1, 0.15) is 73.4 Å². The Hall–Kier alpha value is -3.03. The summed E-state index contributed by atoms with van der Waals surface area (Å²) in [6.07, 6.45) is 8.88. The molecule has 4 N–H and O–H groups in total. The summed E-state index contributed by atoms with van der Waals surface area (Å²) in [5.41, 5.74) is 11.4. The molecule has 0 aliphatic carbocycles. The van der Waals surface area contributed by atoms with Crippen molar-refractivity contribution in [1.82, 2.24) is 20.3 Å². The van der Waals surface area contributed by atoms with Crippen LogP contribution in [0.5, 0.6) is 0 Å². The van der Waals surface area contributed by atoms with Crippen LogP contribution in [0.3, 0.4) is 0 Å². The van der Waals surface area contributed by atoms with Gasteiger partial charge in [0.05, 0.1) is 11.4 Å². The molecule has 0 unspecified atom stereocenters. The minimum atomic E-state index is 0.237. The van der Waals surface area contributed by atoms with Crippen molar-refractivity contribution in [2.24, 2.45) is 16.2 Å². The second-order valence-electron chi connectivity index (χ2n) is 14.1. The van der Waals surface area contributed by atoms with Gasteiger partial charge in [-0.05, 0) is 47.6 Å². The van der Waals surface area contributed by atoms with E-state index in [2.05, 4.69) is 93.2 Å². The second-order valence-corrected chi connectivity index (χ2v) is 14.1. The zero-order chi connectivity index (χ0) is 28.6. The van der Waals surface area contributed by atoms with E-state index in [-0.39, 0.29) is 16.2 Å². The van der Waals surface area contributed by atoms with Gasteiger partial charge in [0.25, 0.3) is 0 Å². The smallest absolute Gasteiger partial charge is 0.203 e. The predicted octanol–water partition coefficient (Wildman–Crippen LogP) is 5.81. The van der Waals surface area contributed by atoms with Crippen LogP contribution in [0.2, 0.25) is 12.6 Å². The SMILES string of the molecule is C=C(CC(C)(C)C)NC1CCN(c2cccnc2NC(=C)c2nc(B3CC(C)(C)C(C)(C)C3)cnc2N)CC1. The summed E-state index contributed by atoms with van der Waals surface area (Å²) in [6.45, 7) is 26.9.